The molecule has 3 rings (SSSR count). The van der Waals surface area contributed by atoms with Gasteiger partial charge < -0.3 is 4.90 Å². The molecule has 2 nitrogen and oxygen atoms in total. The van der Waals surface area contributed by atoms with Crippen LogP contribution in [-0.2, 0) is 0 Å². The molecule has 0 bridgehead atoms. The predicted molar refractivity (Wildman–Crippen MR) is 94.8 cm³/mol. The summed E-state index contributed by atoms with van der Waals surface area (Å²) in [7, 11) is 0. The highest BCUT2D eigenvalue weighted by Gasteiger charge is 2.19. The fraction of sp³-hybridized carbons (Fsp3) is 0.500. The van der Waals surface area contributed by atoms with E-state index in [1.807, 2.05) is 0 Å². The maximum absolute atomic E-state index is 2.67. The number of allylic oxidation sites excluding steroid dienone is 2. The van der Waals surface area contributed by atoms with E-state index < -0.39 is 0 Å². The van der Waals surface area contributed by atoms with E-state index in [1.165, 1.54) is 57.5 Å². The summed E-state index contributed by atoms with van der Waals surface area (Å²) < 4.78 is 0. The molecule has 118 valence electrons. The minimum atomic E-state index is 0.898. The van der Waals surface area contributed by atoms with Gasteiger partial charge in [-0.15, -0.1) is 0 Å². The second kappa shape index (κ2) is 8.30. The number of benzene rings is 1. The van der Waals surface area contributed by atoms with E-state index in [9.17, 15) is 0 Å². The van der Waals surface area contributed by atoms with Crippen LogP contribution in [0.15, 0.2) is 48.6 Å². The predicted octanol–water partition coefficient (Wildman–Crippen LogP) is 3.67. The molecular weight excluding hydrogens is 268 g/mol. The fourth-order valence-electron chi connectivity index (χ4n) is 3.44. The van der Waals surface area contributed by atoms with Crippen LogP contribution in [0.5, 0.6) is 0 Å². The van der Waals surface area contributed by atoms with Gasteiger partial charge in [0.2, 0.25) is 0 Å². The summed E-state index contributed by atoms with van der Waals surface area (Å²) in [4.78, 5) is 5.23. The fourth-order valence-corrected chi connectivity index (χ4v) is 3.44. The van der Waals surface area contributed by atoms with E-state index in [1.54, 1.807) is 0 Å². The number of hydrogen-bond acceptors (Lipinski definition) is 2. The summed E-state index contributed by atoms with van der Waals surface area (Å²) in [6, 6.07) is 10.6. The average Bonchev–Trinajstić information content (AvgIpc) is 2.58. The van der Waals surface area contributed by atoms with Gasteiger partial charge in [0.05, 0.1) is 0 Å². The highest BCUT2D eigenvalue weighted by atomic mass is 15.3. The van der Waals surface area contributed by atoms with Crippen molar-refractivity contribution in [2.24, 2.45) is 5.92 Å². The van der Waals surface area contributed by atoms with Crippen molar-refractivity contribution < 1.29 is 0 Å². The first kappa shape index (κ1) is 15.5. The molecule has 22 heavy (non-hydrogen) atoms. The Kier molecular flexibility index (Phi) is 5.86. The van der Waals surface area contributed by atoms with Crippen molar-refractivity contribution in [3.63, 3.8) is 0 Å². The van der Waals surface area contributed by atoms with Gasteiger partial charge in [-0.05, 0) is 30.7 Å². The van der Waals surface area contributed by atoms with Gasteiger partial charge in [-0.1, -0.05) is 54.6 Å². The van der Waals surface area contributed by atoms with E-state index in [0.29, 0.717) is 0 Å². The Morgan fingerprint density at radius 1 is 0.955 bits per heavy atom. The van der Waals surface area contributed by atoms with Gasteiger partial charge in [-0.25, -0.2) is 0 Å². The maximum atomic E-state index is 2.67. The molecule has 1 aliphatic carbocycles. The molecule has 1 aromatic carbocycles. The molecule has 0 amide bonds. The Balaban J connectivity index is 1.36. The third kappa shape index (κ3) is 4.82. The quantitative estimate of drug-likeness (QED) is 0.765. The molecule has 2 heteroatoms. The molecule has 0 aromatic heterocycles. The van der Waals surface area contributed by atoms with E-state index >= 15 is 0 Å². The third-order valence-electron chi connectivity index (χ3n) is 4.83. The maximum Gasteiger partial charge on any atom is 0.0167 e. The topological polar surface area (TPSA) is 6.48 Å². The summed E-state index contributed by atoms with van der Waals surface area (Å²) >= 11 is 0. The molecule has 1 aliphatic heterocycles. The second-order valence-corrected chi connectivity index (χ2v) is 6.56. The highest BCUT2D eigenvalue weighted by Crippen LogP contribution is 2.19. The van der Waals surface area contributed by atoms with E-state index in [4.69, 9.17) is 0 Å². The molecular formula is C20H28N2. The van der Waals surface area contributed by atoms with E-state index in [2.05, 4.69) is 64.4 Å². The van der Waals surface area contributed by atoms with Gasteiger partial charge in [-0.2, -0.15) is 0 Å². The van der Waals surface area contributed by atoms with Crippen LogP contribution >= 0.6 is 0 Å². The largest absolute Gasteiger partial charge is 0.301 e. The van der Waals surface area contributed by atoms with Gasteiger partial charge >= 0.3 is 0 Å². The van der Waals surface area contributed by atoms with Crippen LogP contribution in [0.25, 0.3) is 6.08 Å². The Labute approximate surface area is 135 Å². The van der Waals surface area contributed by atoms with Gasteiger partial charge in [0.25, 0.3) is 0 Å². The van der Waals surface area contributed by atoms with Crippen molar-refractivity contribution >= 4 is 6.08 Å². The van der Waals surface area contributed by atoms with Gasteiger partial charge in [-0.3, -0.25) is 4.90 Å². The van der Waals surface area contributed by atoms with Crippen LogP contribution in [0.2, 0.25) is 0 Å². The number of nitrogens with zero attached hydrogens (tertiary/aromatic N) is 2. The summed E-state index contributed by atoms with van der Waals surface area (Å²) in [5.41, 5.74) is 1.30. The van der Waals surface area contributed by atoms with Crippen molar-refractivity contribution in [1.82, 2.24) is 9.80 Å². The van der Waals surface area contributed by atoms with Gasteiger partial charge in [0.15, 0.2) is 0 Å². The summed E-state index contributed by atoms with van der Waals surface area (Å²) in [6.45, 7) is 7.27. The first-order chi connectivity index (χ1) is 10.9. The Morgan fingerprint density at radius 2 is 1.73 bits per heavy atom. The standard InChI is InChI=1S/C20H28N2/c1-3-8-19(9-4-1)12-7-13-21-14-16-22(17-15-21)18-20-10-5-2-6-11-20/h1-5,7-9,12,20H,6,10-11,13-18H2. The molecule has 1 atom stereocenters. The van der Waals surface area contributed by atoms with Crippen molar-refractivity contribution in [2.75, 3.05) is 39.3 Å². The average molecular weight is 296 g/mol. The van der Waals surface area contributed by atoms with Gasteiger partial charge in [0.1, 0.15) is 0 Å². The second-order valence-electron chi connectivity index (χ2n) is 6.56. The molecule has 0 saturated carbocycles. The lowest BCUT2D eigenvalue weighted by molar-refractivity contribution is 0.124. The van der Waals surface area contributed by atoms with E-state index in [0.717, 1.165) is 12.5 Å². The van der Waals surface area contributed by atoms with Crippen molar-refractivity contribution in [1.29, 1.82) is 0 Å². The molecule has 0 spiro atoms. The summed E-state index contributed by atoms with van der Waals surface area (Å²) in [5.74, 6) is 0.898. The summed E-state index contributed by atoms with van der Waals surface area (Å²) in [5, 5.41) is 0. The molecule has 1 saturated heterocycles. The van der Waals surface area contributed by atoms with Crippen molar-refractivity contribution in [2.45, 2.75) is 19.3 Å². The lowest BCUT2D eigenvalue weighted by Crippen LogP contribution is -2.47. The van der Waals surface area contributed by atoms with Crippen LogP contribution in [0.4, 0.5) is 0 Å². The molecule has 2 aliphatic rings. The van der Waals surface area contributed by atoms with Crippen molar-refractivity contribution in [3.05, 3.63) is 54.1 Å². The summed E-state index contributed by atoms with van der Waals surface area (Å²) in [6.07, 6.45) is 13.2. The SMILES string of the molecule is C1=CCC(CN2CCN(CC=Cc3ccccc3)CC2)CC1. The van der Waals surface area contributed by atoms with Crippen LogP contribution in [0, 0.1) is 5.92 Å². The first-order valence-electron chi connectivity index (χ1n) is 8.71. The zero-order valence-corrected chi connectivity index (χ0v) is 13.5. The van der Waals surface area contributed by atoms with Crippen LogP contribution in [-0.4, -0.2) is 49.1 Å². The molecule has 1 unspecified atom stereocenters. The molecule has 0 radical (unpaired) electrons. The lowest BCUT2D eigenvalue weighted by Gasteiger charge is -2.36. The highest BCUT2D eigenvalue weighted by molar-refractivity contribution is 5.48. The minimum Gasteiger partial charge on any atom is -0.301 e. The van der Waals surface area contributed by atoms with Gasteiger partial charge in [0, 0.05) is 39.3 Å². The molecule has 1 aromatic rings. The lowest BCUT2D eigenvalue weighted by atomic mass is 9.94. The Hall–Kier alpha value is -1.38. The Bertz CT molecular complexity index is 484. The third-order valence-corrected chi connectivity index (χ3v) is 4.83. The number of hydrogen-bond donors (Lipinski definition) is 0. The van der Waals surface area contributed by atoms with Crippen LogP contribution in [0.3, 0.4) is 0 Å². The number of rotatable bonds is 5. The van der Waals surface area contributed by atoms with E-state index in [-0.39, 0.29) is 0 Å². The molecule has 1 heterocycles. The molecule has 0 N–H and O–H groups in total. The monoisotopic (exact) mass is 296 g/mol. The zero-order chi connectivity index (χ0) is 15.0. The zero-order valence-electron chi connectivity index (χ0n) is 13.5. The first-order valence-corrected chi connectivity index (χ1v) is 8.71. The smallest absolute Gasteiger partial charge is 0.0167 e. The molecule has 1 fully saturated rings. The Morgan fingerprint density at radius 3 is 2.45 bits per heavy atom. The van der Waals surface area contributed by atoms with Crippen molar-refractivity contribution in [3.8, 4) is 0 Å². The normalized spacial score (nSPS) is 24.1. The minimum absolute atomic E-state index is 0.898. The van der Waals surface area contributed by atoms with Crippen LogP contribution < -0.4 is 0 Å². The van der Waals surface area contributed by atoms with Crippen LogP contribution in [0.1, 0.15) is 24.8 Å². The number of piperazine rings is 1.